The molecule has 2 amide bonds. The fraction of sp³-hybridized carbons (Fsp3) is 0.176. The van der Waals surface area contributed by atoms with Crippen molar-refractivity contribution in [2.75, 3.05) is 10.6 Å². The first-order valence-corrected chi connectivity index (χ1v) is 7.50. The van der Waals surface area contributed by atoms with Crippen LogP contribution in [-0.4, -0.2) is 26.8 Å². The van der Waals surface area contributed by atoms with E-state index in [1.54, 1.807) is 22.9 Å². The van der Waals surface area contributed by atoms with Crippen molar-refractivity contribution in [2.24, 2.45) is 0 Å². The number of carbonyl (C=O) groups excluding carboxylic acids is 2. The summed E-state index contributed by atoms with van der Waals surface area (Å²) in [7, 11) is 0. The number of nitrogens with zero attached hydrogens (tertiary/aromatic N) is 3. The molecular weight excluding hydrogens is 306 g/mol. The molecule has 1 aromatic heterocycles. The van der Waals surface area contributed by atoms with Crippen LogP contribution in [0.25, 0.3) is 11.0 Å². The molecule has 0 radical (unpaired) electrons. The molecule has 7 nitrogen and oxygen atoms in total. The van der Waals surface area contributed by atoms with Gasteiger partial charge in [0.2, 0.25) is 11.8 Å². The lowest BCUT2D eigenvalue weighted by Crippen LogP contribution is -2.20. The number of benzene rings is 2. The third kappa shape index (κ3) is 3.24. The van der Waals surface area contributed by atoms with E-state index in [-0.39, 0.29) is 18.4 Å². The molecule has 0 spiro atoms. The number of rotatable bonds is 4. The molecule has 0 saturated carbocycles. The van der Waals surface area contributed by atoms with Gasteiger partial charge in [0.25, 0.3) is 0 Å². The Bertz CT molecular complexity index is 916. The molecule has 0 saturated heterocycles. The fourth-order valence-electron chi connectivity index (χ4n) is 2.46. The molecule has 3 rings (SSSR count). The van der Waals surface area contributed by atoms with Crippen molar-refractivity contribution in [3.63, 3.8) is 0 Å². The summed E-state index contributed by atoms with van der Waals surface area (Å²) < 4.78 is 1.55. The first-order valence-electron chi connectivity index (χ1n) is 7.50. The van der Waals surface area contributed by atoms with E-state index in [4.69, 9.17) is 0 Å². The molecule has 1 heterocycles. The highest BCUT2D eigenvalue weighted by Crippen LogP contribution is 2.23. The van der Waals surface area contributed by atoms with Gasteiger partial charge in [-0.1, -0.05) is 23.4 Å². The van der Waals surface area contributed by atoms with Crippen LogP contribution < -0.4 is 10.6 Å². The second kappa shape index (κ2) is 6.49. The van der Waals surface area contributed by atoms with Gasteiger partial charge in [0.05, 0.1) is 5.52 Å². The summed E-state index contributed by atoms with van der Waals surface area (Å²) in [6, 6.07) is 12.8. The molecule has 3 aromatic rings. The van der Waals surface area contributed by atoms with Crippen molar-refractivity contribution in [1.29, 1.82) is 0 Å². The second-order valence-corrected chi connectivity index (χ2v) is 5.44. The standard InChI is InChI=1S/C17H17N5O2/c1-11-13(18-12(2)23)7-5-8-14(11)19-17(24)10-22-16-9-4-3-6-15(16)20-21-22/h3-9H,10H2,1-2H3,(H,18,23)(H,19,24). The lowest BCUT2D eigenvalue weighted by atomic mass is 10.1. The zero-order chi connectivity index (χ0) is 17.1. The van der Waals surface area contributed by atoms with Crippen molar-refractivity contribution in [2.45, 2.75) is 20.4 Å². The molecule has 2 aromatic carbocycles. The largest absolute Gasteiger partial charge is 0.326 e. The van der Waals surface area contributed by atoms with E-state index in [0.717, 1.165) is 16.6 Å². The van der Waals surface area contributed by atoms with E-state index in [0.29, 0.717) is 11.4 Å². The number of nitrogens with one attached hydrogen (secondary N) is 2. The van der Waals surface area contributed by atoms with Gasteiger partial charge in [0.1, 0.15) is 12.1 Å². The number of para-hydroxylation sites is 1. The van der Waals surface area contributed by atoms with Gasteiger partial charge in [-0.05, 0) is 36.8 Å². The number of hydrogen-bond acceptors (Lipinski definition) is 4. The summed E-state index contributed by atoms with van der Waals surface area (Å²) in [5.74, 6) is -0.371. The molecule has 0 aliphatic carbocycles. The van der Waals surface area contributed by atoms with Crippen LogP contribution in [0.3, 0.4) is 0 Å². The Hall–Kier alpha value is -3.22. The molecule has 24 heavy (non-hydrogen) atoms. The maximum absolute atomic E-state index is 12.3. The van der Waals surface area contributed by atoms with Crippen molar-refractivity contribution >= 4 is 34.2 Å². The van der Waals surface area contributed by atoms with Gasteiger partial charge in [-0.25, -0.2) is 4.68 Å². The van der Waals surface area contributed by atoms with Crippen LogP contribution in [0, 0.1) is 6.92 Å². The fourth-order valence-corrected chi connectivity index (χ4v) is 2.46. The summed E-state index contributed by atoms with van der Waals surface area (Å²) >= 11 is 0. The number of carbonyl (C=O) groups is 2. The van der Waals surface area contributed by atoms with Crippen LogP contribution in [0.15, 0.2) is 42.5 Å². The minimum atomic E-state index is -0.214. The Morgan fingerprint density at radius 2 is 1.75 bits per heavy atom. The third-order valence-electron chi connectivity index (χ3n) is 3.63. The van der Waals surface area contributed by atoms with Gasteiger partial charge in [-0.15, -0.1) is 5.10 Å². The summed E-state index contributed by atoms with van der Waals surface area (Å²) in [5.41, 5.74) is 3.66. The molecule has 122 valence electrons. The number of hydrogen-bond donors (Lipinski definition) is 2. The summed E-state index contributed by atoms with van der Waals surface area (Å²) in [5, 5.41) is 13.6. The van der Waals surface area contributed by atoms with Crippen molar-refractivity contribution in [3.8, 4) is 0 Å². The van der Waals surface area contributed by atoms with Crippen LogP contribution in [0.2, 0.25) is 0 Å². The summed E-state index contributed by atoms with van der Waals surface area (Å²) in [4.78, 5) is 23.5. The number of fused-ring (bicyclic) bond motifs is 1. The van der Waals surface area contributed by atoms with Crippen LogP contribution >= 0.6 is 0 Å². The van der Waals surface area contributed by atoms with E-state index in [1.807, 2.05) is 31.2 Å². The number of amides is 2. The highest BCUT2D eigenvalue weighted by molar-refractivity contribution is 5.95. The molecular formula is C17H17N5O2. The predicted molar refractivity (Wildman–Crippen MR) is 91.6 cm³/mol. The topological polar surface area (TPSA) is 88.9 Å². The van der Waals surface area contributed by atoms with E-state index in [1.165, 1.54) is 6.92 Å². The quantitative estimate of drug-likeness (QED) is 0.771. The molecule has 2 N–H and O–H groups in total. The van der Waals surface area contributed by atoms with Crippen molar-refractivity contribution < 1.29 is 9.59 Å². The van der Waals surface area contributed by atoms with E-state index >= 15 is 0 Å². The first-order chi connectivity index (χ1) is 11.5. The second-order valence-electron chi connectivity index (χ2n) is 5.44. The maximum atomic E-state index is 12.3. The smallest absolute Gasteiger partial charge is 0.246 e. The van der Waals surface area contributed by atoms with Gasteiger partial charge < -0.3 is 10.6 Å². The Morgan fingerprint density at radius 3 is 2.50 bits per heavy atom. The molecule has 0 atom stereocenters. The molecule has 0 unspecified atom stereocenters. The predicted octanol–water partition coefficient (Wildman–Crippen LogP) is 2.34. The monoisotopic (exact) mass is 323 g/mol. The SMILES string of the molecule is CC(=O)Nc1cccc(NC(=O)Cn2nnc3ccccc32)c1C. The van der Waals surface area contributed by atoms with Gasteiger partial charge in [0.15, 0.2) is 0 Å². The van der Waals surface area contributed by atoms with Gasteiger partial charge in [0, 0.05) is 18.3 Å². The van der Waals surface area contributed by atoms with Gasteiger partial charge in [-0.2, -0.15) is 0 Å². The minimum Gasteiger partial charge on any atom is -0.326 e. The summed E-state index contributed by atoms with van der Waals surface area (Å²) in [6.07, 6.45) is 0. The van der Waals surface area contributed by atoms with Crippen molar-refractivity contribution in [1.82, 2.24) is 15.0 Å². The summed E-state index contributed by atoms with van der Waals surface area (Å²) in [6.45, 7) is 3.34. The Morgan fingerprint density at radius 1 is 1.04 bits per heavy atom. The maximum Gasteiger partial charge on any atom is 0.246 e. The zero-order valence-corrected chi connectivity index (χ0v) is 13.4. The molecule has 0 fully saturated rings. The number of anilines is 2. The normalized spacial score (nSPS) is 10.6. The lowest BCUT2D eigenvalue weighted by molar-refractivity contribution is -0.117. The van der Waals surface area contributed by atoms with E-state index in [9.17, 15) is 9.59 Å². The van der Waals surface area contributed by atoms with Crippen LogP contribution in [0.1, 0.15) is 12.5 Å². The zero-order valence-electron chi connectivity index (χ0n) is 13.4. The van der Waals surface area contributed by atoms with E-state index in [2.05, 4.69) is 20.9 Å². The average molecular weight is 323 g/mol. The van der Waals surface area contributed by atoms with E-state index < -0.39 is 0 Å². The third-order valence-corrected chi connectivity index (χ3v) is 3.63. The van der Waals surface area contributed by atoms with Gasteiger partial charge in [-0.3, -0.25) is 9.59 Å². The molecule has 0 bridgehead atoms. The highest BCUT2D eigenvalue weighted by Gasteiger charge is 2.11. The molecule has 0 aliphatic rings. The molecule has 7 heteroatoms. The first kappa shape index (κ1) is 15.7. The Balaban J connectivity index is 1.77. The van der Waals surface area contributed by atoms with Crippen LogP contribution in [-0.2, 0) is 16.1 Å². The lowest BCUT2D eigenvalue weighted by Gasteiger charge is -2.12. The Kier molecular flexibility index (Phi) is 4.24. The van der Waals surface area contributed by atoms with Crippen molar-refractivity contribution in [3.05, 3.63) is 48.0 Å². The number of aromatic nitrogens is 3. The van der Waals surface area contributed by atoms with Crippen LogP contribution in [0.5, 0.6) is 0 Å². The minimum absolute atomic E-state index is 0.0598. The average Bonchev–Trinajstić information content (AvgIpc) is 2.94. The van der Waals surface area contributed by atoms with Crippen LogP contribution in [0.4, 0.5) is 11.4 Å². The highest BCUT2D eigenvalue weighted by atomic mass is 16.2. The molecule has 0 aliphatic heterocycles. The van der Waals surface area contributed by atoms with Gasteiger partial charge >= 0.3 is 0 Å². The Labute approximate surface area is 138 Å².